The summed E-state index contributed by atoms with van der Waals surface area (Å²) in [6, 6.07) is 10.2. The summed E-state index contributed by atoms with van der Waals surface area (Å²) < 4.78 is 0. The van der Waals surface area contributed by atoms with Gasteiger partial charge in [-0.15, -0.1) is 0 Å². The molecule has 1 atom stereocenters. The van der Waals surface area contributed by atoms with Crippen LogP contribution in [0.3, 0.4) is 0 Å². The van der Waals surface area contributed by atoms with Crippen LogP contribution in [0, 0.1) is 13.8 Å². The lowest BCUT2D eigenvalue weighted by Crippen LogP contribution is -1.89. The van der Waals surface area contributed by atoms with Crippen molar-refractivity contribution in [3.05, 3.63) is 49.7 Å². The van der Waals surface area contributed by atoms with Gasteiger partial charge in [0.05, 0.1) is 0 Å². The molecule has 0 aliphatic heterocycles. The van der Waals surface area contributed by atoms with E-state index >= 15 is 0 Å². The van der Waals surface area contributed by atoms with Gasteiger partial charge in [-0.3, -0.25) is 0 Å². The fourth-order valence-electron chi connectivity index (χ4n) is 0.892. The summed E-state index contributed by atoms with van der Waals surface area (Å²) in [6.07, 6.45) is 2.12. The van der Waals surface area contributed by atoms with Crippen molar-refractivity contribution in [2.45, 2.75) is 46.5 Å². The molecular weight excluding hydrogens is 180 g/mol. The first-order valence-electron chi connectivity index (χ1n) is 5.93. The first kappa shape index (κ1) is 16.6. The minimum Gasteiger partial charge on any atom is -0.0683 e. The molecule has 0 N–H and O–H groups in total. The minimum absolute atomic E-state index is 0.348. The fraction of sp³-hybridized carbons (Fsp3) is 0.467. The van der Waals surface area contributed by atoms with E-state index in [2.05, 4.69) is 39.8 Å². The van der Waals surface area contributed by atoms with Crippen LogP contribution in [0.4, 0.5) is 0 Å². The van der Waals surface area contributed by atoms with Crippen molar-refractivity contribution < 1.29 is 0 Å². The summed E-state index contributed by atoms with van der Waals surface area (Å²) >= 11 is 0. The molecular formula is C15H26. The third-order valence-corrected chi connectivity index (χ3v) is 1.62. The largest absolute Gasteiger partial charge is 0.0683 e. The van der Waals surface area contributed by atoms with Gasteiger partial charge in [0.25, 0.3) is 0 Å². The van der Waals surface area contributed by atoms with Crippen LogP contribution in [0.15, 0.2) is 30.3 Å². The molecule has 0 aromatic heterocycles. The van der Waals surface area contributed by atoms with Gasteiger partial charge in [-0.1, -0.05) is 71.4 Å². The van der Waals surface area contributed by atoms with Crippen molar-refractivity contribution in [3.63, 3.8) is 0 Å². The summed E-state index contributed by atoms with van der Waals surface area (Å²) in [6.45, 7) is 16.0. The molecule has 1 rings (SSSR count). The van der Waals surface area contributed by atoms with E-state index in [1.54, 1.807) is 0 Å². The van der Waals surface area contributed by atoms with Crippen molar-refractivity contribution in [2.24, 2.45) is 0 Å². The van der Waals surface area contributed by atoms with Gasteiger partial charge in [-0.2, -0.15) is 0 Å². The molecule has 0 spiro atoms. The van der Waals surface area contributed by atoms with Crippen LogP contribution in [0.25, 0.3) is 0 Å². The maximum absolute atomic E-state index is 3.96. The van der Waals surface area contributed by atoms with Crippen LogP contribution in [0.1, 0.15) is 52.0 Å². The Kier molecular flexibility index (Phi) is 14.7. The van der Waals surface area contributed by atoms with Crippen molar-refractivity contribution in [2.75, 3.05) is 0 Å². The van der Waals surface area contributed by atoms with Gasteiger partial charge in [0.15, 0.2) is 0 Å². The van der Waals surface area contributed by atoms with E-state index < -0.39 is 0 Å². The number of rotatable bonds is 2. The Hall–Kier alpha value is -0.780. The van der Waals surface area contributed by atoms with E-state index in [0.717, 1.165) is 6.42 Å². The maximum Gasteiger partial charge on any atom is -0.0162 e. The second-order valence-corrected chi connectivity index (χ2v) is 3.10. The van der Waals surface area contributed by atoms with Crippen molar-refractivity contribution in [1.29, 1.82) is 0 Å². The van der Waals surface area contributed by atoms with Crippen LogP contribution in [0.2, 0.25) is 0 Å². The highest BCUT2D eigenvalue weighted by Gasteiger charge is 1.99. The number of hydrogen-bond donors (Lipinski definition) is 0. The van der Waals surface area contributed by atoms with E-state index in [4.69, 9.17) is 0 Å². The van der Waals surface area contributed by atoms with Crippen LogP contribution in [-0.4, -0.2) is 0 Å². The lowest BCUT2D eigenvalue weighted by Gasteiger charge is -2.06. The molecule has 2 radical (unpaired) electrons. The van der Waals surface area contributed by atoms with Crippen molar-refractivity contribution in [3.8, 4) is 0 Å². The van der Waals surface area contributed by atoms with E-state index in [1.165, 1.54) is 12.0 Å². The SMILES string of the molecule is CC.CCC.[CH2]CC([CH2])c1ccccc1. The standard InChI is InChI=1S/C10H12.C3H8.C2H6/c1-3-9(2)10-7-5-4-6-8-10;1-3-2;1-2/h4-9H,1-3H2;3H2,1-2H3;1-2H3. The maximum atomic E-state index is 3.96. The Labute approximate surface area is 96.7 Å². The molecule has 0 heteroatoms. The first-order chi connectivity index (χ1) is 7.26. The second-order valence-electron chi connectivity index (χ2n) is 3.10. The lowest BCUT2D eigenvalue weighted by atomic mass is 9.99. The molecule has 1 aromatic carbocycles. The van der Waals surface area contributed by atoms with Gasteiger partial charge in [0, 0.05) is 0 Å². The van der Waals surface area contributed by atoms with Gasteiger partial charge in [0.1, 0.15) is 0 Å². The topological polar surface area (TPSA) is 0 Å². The third-order valence-electron chi connectivity index (χ3n) is 1.62. The minimum atomic E-state index is 0.348. The second kappa shape index (κ2) is 13.2. The van der Waals surface area contributed by atoms with E-state index in [1.807, 2.05) is 32.0 Å². The molecule has 0 aliphatic carbocycles. The molecule has 0 amide bonds. The van der Waals surface area contributed by atoms with Crippen molar-refractivity contribution in [1.82, 2.24) is 0 Å². The normalized spacial score (nSPS) is 10.3. The van der Waals surface area contributed by atoms with Gasteiger partial charge in [-0.25, -0.2) is 0 Å². The Morgan fingerprint density at radius 3 is 1.80 bits per heavy atom. The van der Waals surface area contributed by atoms with Crippen LogP contribution in [-0.2, 0) is 0 Å². The van der Waals surface area contributed by atoms with E-state index in [9.17, 15) is 0 Å². The van der Waals surface area contributed by atoms with Gasteiger partial charge >= 0.3 is 0 Å². The van der Waals surface area contributed by atoms with Crippen molar-refractivity contribution >= 4 is 0 Å². The molecule has 0 bridgehead atoms. The molecule has 0 fully saturated rings. The van der Waals surface area contributed by atoms with E-state index in [0.29, 0.717) is 5.92 Å². The summed E-state index contributed by atoms with van der Waals surface area (Å²) in [5.74, 6) is 0.348. The molecule has 0 heterocycles. The predicted molar refractivity (Wildman–Crippen MR) is 71.8 cm³/mol. The summed E-state index contributed by atoms with van der Waals surface area (Å²) in [7, 11) is 0. The zero-order chi connectivity index (χ0) is 12.1. The number of hydrogen-bond acceptors (Lipinski definition) is 0. The zero-order valence-electron chi connectivity index (χ0n) is 10.8. The van der Waals surface area contributed by atoms with Crippen LogP contribution >= 0.6 is 0 Å². The molecule has 0 saturated carbocycles. The molecule has 0 saturated heterocycles. The Bertz CT molecular complexity index is 188. The van der Waals surface area contributed by atoms with Crippen LogP contribution in [0.5, 0.6) is 0 Å². The molecule has 15 heavy (non-hydrogen) atoms. The third kappa shape index (κ3) is 9.52. The average Bonchev–Trinajstić information content (AvgIpc) is 2.33. The monoisotopic (exact) mass is 206 g/mol. The highest BCUT2D eigenvalue weighted by molar-refractivity contribution is 5.20. The molecule has 86 valence electrons. The molecule has 1 unspecified atom stereocenters. The summed E-state index contributed by atoms with van der Waals surface area (Å²) in [5, 5.41) is 0. The Balaban J connectivity index is 0. The smallest absolute Gasteiger partial charge is 0.0162 e. The quantitative estimate of drug-likeness (QED) is 0.618. The lowest BCUT2D eigenvalue weighted by molar-refractivity contribution is 0.857. The zero-order valence-corrected chi connectivity index (χ0v) is 10.8. The number of benzene rings is 1. The van der Waals surface area contributed by atoms with Crippen LogP contribution < -0.4 is 0 Å². The Morgan fingerprint density at radius 1 is 1.07 bits per heavy atom. The first-order valence-corrected chi connectivity index (χ1v) is 5.93. The average molecular weight is 206 g/mol. The summed E-state index contributed by atoms with van der Waals surface area (Å²) in [4.78, 5) is 0. The molecule has 0 nitrogen and oxygen atoms in total. The summed E-state index contributed by atoms with van der Waals surface area (Å²) in [5.41, 5.74) is 1.28. The highest BCUT2D eigenvalue weighted by atomic mass is 14.0. The van der Waals surface area contributed by atoms with Gasteiger partial charge < -0.3 is 0 Å². The molecule has 0 aliphatic rings. The Morgan fingerprint density at radius 2 is 1.47 bits per heavy atom. The fourth-order valence-corrected chi connectivity index (χ4v) is 0.892. The predicted octanol–water partition coefficient (Wildman–Crippen LogP) is 5.27. The molecule has 1 aromatic rings. The highest BCUT2D eigenvalue weighted by Crippen LogP contribution is 2.16. The van der Waals surface area contributed by atoms with E-state index in [-0.39, 0.29) is 0 Å². The van der Waals surface area contributed by atoms with Gasteiger partial charge in [-0.05, 0) is 24.8 Å². The van der Waals surface area contributed by atoms with Gasteiger partial charge in [0.2, 0.25) is 0 Å².